The minimum Gasteiger partial charge on any atom is -0.411 e. The Morgan fingerprint density at radius 1 is 1.30 bits per heavy atom. The Balaban J connectivity index is 2.12. The van der Waals surface area contributed by atoms with E-state index < -0.39 is 0 Å². The lowest BCUT2D eigenvalue weighted by Crippen LogP contribution is -2.12. The summed E-state index contributed by atoms with van der Waals surface area (Å²) in [5, 5.41) is 16.6. The highest BCUT2D eigenvalue weighted by molar-refractivity contribution is 7.12. The molecule has 104 valence electrons. The number of rotatable bonds is 4. The molecule has 0 saturated heterocycles. The fraction of sp³-hybridized carbons (Fsp3) is 0.200. The second-order valence-electron chi connectivity index (χ2n) is 4.35. The number of hydrogen-bond acceptors (Lipinski definition) is 4. The van der Waals surface area contributed by atoms with E-state index in [1.165, 1.54) is 11.3 Å². The zero-order valence-corrected chi connectivity index (χ0v) is 12.2. The minimum atomic E-state index is -0.0860. The number of benzene rings is 1. The molecule has 5 heteroatoms. The first-order chi connectivity index (χ1) is 9.65. The van der Waals surface area contributed by atoms with Gasteiger partial charge in [0.1, 0.15) is 0 Å². The number of carbonyl (C=O) groups is 1. The van der Waals surface area contributed by atoms with Crippen LogP contribution in [0.25, 0.3) is 0 Å². The molecule has 1 aromatic carbocycles. The molecule has 0 bridgehead atoms. The zero-order valence-electron chi connectivity index (χ0n) is 11.4. The second-order valence-corrected chi connectivity index (χ2v) is 5.26. The van der Waals surface area contributed by atoms with Crippen LogP contribution in [0.4, 0.5) is 5.69 Å². The van der Waals surface area contributed by atoms with E-state index in [9.17, 15) is 4.79 Å². The fourth-order valence-corrected chi connectivity index (χ4v) is 2.74. The normalized spacial score (nSPS) is 11.4. The maximum atomic E-state index is 12.2. The van der Waals surface area contributed by atoms with E-state index in [0.29, 0.717) is 5.71 Å². The van der Waals surface area contributed by atoms with Gasteiger partial charge in [-0.1, -0.05) is 24.2 Å². The molecule has 0 fully saturated rings. The summed E-state index contributed by atoms with van der Waals surface area (Å²) in [6.07, 6.45) is 0.845. The molecular weight excluding hydrogens is 272 g/mol. The number of anilines is 1. The van der Waals surface area contributed by atoms with Crippen LogP contribution in [0.1, 0.15) is 34.6 Å². The van der Waals surface area contributed by atoms with Crippen LogP contribution < -0.4 is 5.32 Å². The van der Waals surface area contributed by atoms with Crippen molar-refractivity contribution in [2.24, 2.45) is 5.16 Å². The zero-order chi connectivity index (χ0) is 14.5. The quantitative estimate of drug-likeness (QED) is 0.511. The Morgan fingerprint density at radius 2 is 2.00 bits per heavy atom. The van der Waals surface area contributed by atoms with Gasteiger partial charge in [-0.2, -0.15) is 0 Å². The maximum Gasteiger partial charge on any atom is 0.266 e. The van der Waals surface area contributed by atoms with Crippen LogP contribution in [-0.2, 0) is 6.42 Å². The molecule has 1 amide bonds. The smallest absolute Gasteiger partial charge is 0.266 e. The molecule has 0 atom stereocenters. The Kier molecular flexibility index (Phi) is 4.53. The SMILES string of the molecule is CCc1ccsc1C(=O)Nc1ccc(/C(C)=N/O)cc1. The summed E-state index contributed by atoms with van der Waals surface area (Å²) in [5.41, 5.74) is 3.14. The monoisotopic (exact) mass is 288 g/mol. The van der Waals surface area contributed by atoms with Gasteiger partial charge < -0.3 is 10.5 Å². The van der Waals surface area contributed by atoms with E-state index in [2.05, 4.69) is 10.5 Å². The lowest BCUT2D eigenvalue weighted by atomic mass is 10.1. The third-order valence-electron chi connectivity index (χ3n) is 3.04. The molecule has 2 aromatic rings. The van der Waals surface area contributed by atoms with Crippen molar-refractivity contribution in [1.82, 2.24) is 0 Å². The fourth-order valence-electron chi connectivity index (χ4n) is 1.85. The van der Waals surface area contributed by atoms with E-state index in [-0.39, 0.29) is 5.91 Å². The van der Waals surface area contributed by atoms with Crippen LogP contribution >= 0.6 is 11.3 Å². The van der Waals surface area contributed by atoms with Crippen molar-refractivity contribution in [3.63, 3.8) is 0 Å². The average molecular weight is 288 g/mol. The van der Waals surface area contributed by atoms with Gasteiger partial charge in [-0.25, -0.2) is 0 Å². The number of carbonyl (C=O) groups excluding carboxylic acids is 1. The number of nitrogens with one attached hydrogen (secondary N) is 1. The third-order valence-corrected chi connectivity index (χ3v) is 4.00. The average Bonchev–Trinajstić information content (AvgIpc) is 2.95. The van der Waals surface area contributed by atoms with E-state index >= 15 is 0 Å². The summed E-state index contributed by atoms with van der Waals surface area (Å²) in [6, 6.07) is 9.17. The molecule has 0 aliphatic rings. The largest absolute Gasteiger partial charge is 0.411 e. The number of hydrogen-bond donors (Lipinski definition) is 2. The van der Waals surface area contributed by atoms with E-state index in [1.807, 2.05) is 18.4 Å². The first-order valence-corrected chi connectivity index (χ1v) is 7.20. The van der Waals surface area contributed by atoms with Gasteiger partial charge in [-0.05, 0) is 48.1 Å². The summed E-state index contributed by atoms with van der Waals surface area (Å²) in [5.74, 6) is -0.0860. The Hall–Kier alpha value is -2.14. The second kappa shape index (κ2) is 6.34. The molecule has 20 heavy (non-hydrogen) atoms. The first kappa shape index (κ1) is 14.3. The summed E-state index contributed by atoms with van der Waals surface area (Å²) in [7, 11) is 0. The topological polar surface area (TPSA) is 61.7 Å². The number of amides is 1. The predicted octanol–water partition coefficient (Wildman–Crippen LogP) is 3.76. The summed E-state index contributed by atoms with van der Waals surface area (Å²) >= 11 is 1.45. The highest BCUT2D eigenvalue weighted by Gasteiger charge is 2.12. The number of oxime groups is 1. The molecular formula is C15H16N2O2S. The van der Waals surface area contributed by atoms with Crippen molar-refractivity contribution in [3.8, 4) is 0 Å². The molecule has 4 nitrogen and oxygen atoms in total. The highest BCUT2D eigenvalue weighted by atomic mass is 32.1. The van der Waals surface area contributed by atoms with Gasteiger partial charge in [0.25, 0.3) is 5.91 Å². The van der Waals surface area contributed by atoms with E-state index in [0.717, 1.165) is 28.1 Å². The van der Waals surface area contributed by atoms with Crippen molar-refractivity contribution < 1.29 is 10.0 Å². The maximum absolute atomic E-state index is 12.2. The summed E-state index contributed by atoms with van der Waals surface area (Å²) in [6.45, 7) is 3.75. The number of thiophene rings is 1. The van der Waals surface area contributed by atoms with Crippen LogP contribution in [0, 0.1) is 0 Å². The molecule has 0 radical (unpaired) electrons. The molecule has 2 N–H and O–H groups in total. The minimum absolute atomic E-state index is 0.0860. The first-order valence-electron chi connectivity index (χ1n) is 6.32. The van der Waals surface area contributed by atoms with Crippen LogP contribution in [0.3, 0.4) is 0 Å². The molecule has 0 aliphatic heterocycles. The van der Waals surface area contributed by atoms with Gasteiger partial charge in [0, 0.05) is 5.69 Å². The Bertz CT molecular complexity index is 630. The van der Waals surface area contributed by atoms with E-state index in [1.54, 1.807) is 31.2 Å². The van der Waals surface area contributed by atoms with Crippen molar-refractivity contribution >= 4 is 28.6 Å². The molecule has 0 saturated carbocycles. The van der Waals surface area contributed by atoms with Crippen LogP contribution in [0.2, 0.25) is 0 Å². The van der Waals surface area contributed by atoms with Gasteiger partial charge in [0.2, 0.25) is 0 Å². The number of aryl methyl sites for hydroxylation is 1. The van der Waals surface area contributed by atoms with Crippen molar-refractivity contribution in [1.29, 1.82) is 0 Å². The van der Waals surface area contributed by atoms with Gasteiger partial charge in [-0.3, -0.25) is 4.79 Å². The standard InChI is InChI=1S/C15H16N2O2S/c1-3-11-8-9-20-14(11)15(18)16-13-6-4-12(5-7-13)10(2)17-19/h4-9,19H,3H2,1-2H3,(H,16,18)/b17-10+. The lowest BCUT2D eigenvalue weighted by Gasteiger charge is -2.06. The van der Waals surface area contributed by atoms with E-state index in [4.69, 9.17) is 5.21 Å². The summed E-state index contributed by atoms with van der Waals surface area (Å²) < 4.78 is 0. The number of nitrogens with zero attached hydrogens (tertiary/aromatic N) is 1. The summed E-state index contributed by atoms with van der Waals surface area (Å²) in [4.78, 5) is 12.9. The van der Waals surface area contributed by atoms with Crippen LogP contribution in [-0.4, -0.2) is 16.8 Å². The van der Waals surface area contributed by atoms with Crippen molar-refractivity contribution in [2.75, 3.05) is 5.32 Å². The Labute approximate surface area is 121 Å². The molecule has 0 spiro atoms. The molecule has 0 unspecified atom stereocenters. The van der Waals surface area contributed by atoms with Gasteiger partial charge in [0.05, 0.1) is 10.6 Å². The van der Waals surface area contributed by atoms with Gasteiger partial charge in [-0.15, -0.1) is 11.3 Å². The molecule has 1 aromatic heterocycles. The van der Waals surface area contributed by atoms with Gasteiger partial charge >= 0.3 is 0 Å². The highest BCUT2D eigenvalue weighted by Crippen LogP contribution is 2.19. The molecule has 2 rings (SSSR count). The molecule has 1 heterocycles. The Morgan fingerprint density at radius 3 is 2.60 bits per heavy atom. The molecule has 0 aliphatic carbocycles. The van der Waals surface area contributed by atoms with Crippen molar-refractivity contribution in [2.45, 2.75) is 20.3 Å². The lowest BCUT2D eigenvalue weighted by molar-refractivity contribution is 0.103. The predicted molar refractivity (Wildman–Crippen MR) is 82.1 cm³/mol. The van der Waals surface area contributed by atoms with Crippen LogP contribution in [0.15, 0.2) is 40.9 Å². The van der Waals surface area contributed by atoms with Gasteiger partial charge in [0.15, 0.2) is 0 Å². The third kappa shape index (κ3) is 3.05. The van der Waals surface area contributed by atoms with Crippen molar-refractivity contribution in [3.05, 3.63) is 51.7 Å². The van der Waals surface area contributed by atoms with Crippen LogP contribution in [0.5, 0.6) is 0 Å².